The minimum atomic E-state index is -1.82. The zero-order valence-electron chi connectivity index (χ0n) is 20.8. The second-order valence-electron chi connectivity index (χ2n) is 9.37. The average molecular weight is 475 g/mol. The van der Waals surface area contributed by atoms with E-state index >= 15 is 0 Å². The predicted octanol–water partition coefficient (Wildman–Crippen LogP) is 5.22. The Labute approximate surface area is 199 Å². The van der Waals surface area contributed by atoms with Gasteiger partial charge in [0.15, 0.2) is 8.32 Å². The van der Waals surface area contributed by atoms with Crippen molar-refractivity contribution in [2.45, 2.75) is 64.5 Å². The third-order valence-corrected chi connectivity index (χ3v) is 10.1. The summed E-state index contributed by atoms with van der Waals surface area (Å²) in [4.78, 5) is 23.9. The average Bonchev–Trinajstić information content (AvgIpc) is 2.75. The van der Waals surface area contributed by atoms with Gasteiger partial charge in [-0.3, -0.25) is 0 Å². The molecule has 182 valence electrons. The summed E-state index contributed by atoms with van der Waals surface area (Å²) in [6.45, 7) is 13.4. The van der Waals surface area contributed by atoms with Gasteiger partial charge in [0.2, 0.25) is 0 Å². The van der Waals surface area contributed by atoms with Gasteiger partial charge >= 0.3 is 11.9 Å². The standard InChI is InChI=1S/C26H38O6Si/c1-20(17-18-31-33(6,7)26(2,3)4)13-14-22(27)19-23(15-16-24(28)30-5)32-25(29)21-11-9-8-10-12-21/h8-17,22-23,27H,18-19H2,1-7H3/b14-13+,16-15+,20-17+/t22-,23+/m1/s1. The molecule has 1 aromatic rings. The van der Waals surface area contributed by atoms with Gasteiger partial charge < -0.3 is 19.0 Å². The Bertz CT molecular complexity index is 849. The Morgan fingerprint density at radius 1 is 1.09 bits per heavy atom. The summed E-state index contributed by atoms with van der Waals surface area (Å²) in [6, 6.07) is 8.54. The number of aliphatic hydroxyl groups is 1. The second-order valence-corrected chi connectivity index (χ2v) is 14.2. The van der Waals surface area contributed by atoms with Crippen LogP contribution in [0.15, 0.2) is 66.3 Å². The molecule has 1 aromatic carbocycles. The first-order chi connectivity index (χ1) is 15.4. The van der Waals surface area contributed by atoms with Crippen LogP contribution < -0.4 is 0 Å². The van der Waals surface area contributed by atoms with Crippen molar-refractivity contribution in [1.82, 2.24) is 0 Å². The molecule has 0 aliphatic heterocycles. The summed E-state index contributed by atoms with van der Waals surface area (Å²) >= 11 is 0. The summed E-state index contributed by atoms with van der Waals surface area (Å²) in [7, 11) is -0.553. The molecule has 0 unspecified atom stereocenters. The summed E-state index contributed by atoms with van der Waals surface area (Å²) in [6.07, 6.45) is 6.42. The molecule has 0 heterocycles. The molecule has 0 radical (unpaired) electrons. The van der Waals surface area contributed by atoms with Gasteiger partial charge in [-0.1, -0.05) is 62.8 Å². The lowest BCUT2D eigenvalue weighted by molar-refractivity contribution is -0.134. The Morgan fingerprint density at radius 3 is 2.30 bits per heavy atom. The minimum absolute atomic E-state index is 0.0936. The van der Waals surface area contributed by atoms with E-state index < -0.39 is 32.5 Å². The number of carbonyl (C=O) groups is 2. The zero-order chi connectivity index (χ0) is 25.1. The SMILES string of the molecule is COC(=O)/C=C/[C@@H](C[C@H](O)/C=C/C(C)=C/CO[Si](C)(C)C(C)(C)C)OC(=O)c1ccccc1. The predicted molar refractivity (Wildman–Crippen MR) is 133 cm³/mol. The van der Waals surface area contributed by atoms with Crippen LogP contribution in [0.25, 0.3) is 0 Å². The molecule has 0 aliphatic rings. The van der Waals surface area contributed by atoms with Gasteiger partial charge in [0.1, 0.15) is 6.10 Å². The molecule has 2 atom stereocenters. The lowest BCUT2D eigenvalue weighted by Gasteiger charge is -2.35. The molecular weight excluding hydrogens is 436 g/mol. The largest absolute Gasteiger partial charge is 0.466 e. The van der Waals surface area contributed by atoms with Crippen molar-refractivity contribution < 1.29 is 28.6 Å². The van der Waals surface area contributed by atoms with Crippen LogP contribution in [0.1, 0.15) is 44.5 Å². The van der Waals surface area contributed by atoms with Gasteiger partial charge in [-0.2, -0.15) is 0 Å². The highest BCUT2D eigenvalue weighted by atomic mass is 28.4. The van der Waals surface area contributed by atoms with Crippen molar-refractivity contribution in [3.05, 3.63) is 71.8 Å². The second kappa shape index (κ2) is 13.3. The van der Waals surface area contributed by atoms with E-state index in [9.17, 15) is 14.7 Å². The van der Waals surface area contributed by atoms with Crippen molar-refractivity contribution in [3.63, 3.8) is 0 Å². The number of allylic oxidation sites excluding steroid dienone is 2. The molecule has 0 aliphatic carbocycles. The van der Waals surface area contributed by atoms with Crippen LogP contribution in [0.4, 0.5) is 0 Å². The highest BCUT2D eigenvalue weighted by Gasteiger charge is 2.36. The monoisotopic (exact) mass is 474 g/mol. The van der Waals surface area contributed by atoms with Crippen molar-refractivity contribution in [2.24, 2.45) is 0 Å². The normalized spacial score (nSPS) is 15.0. The molecule has 1 N–H and O–H groups in total. The Balaban J connectivity index is 2.76. The Morgan fingerprint density at radius 2 is 1.73 bits per heavy atom. The molecule has 0 bridgehead atoms. The number of carbonyl (C=O) groups excluding carboxylic acids is 2. The van der Waals surface area contributed by atoms with E-state index in [2.05, 4.69) is 38.6 Å². The molecule has 0 fully saturated rings. The topological polar surface area (TPSA) is 82.1 Å². The smallest absolute Gasteiger partial charge is 0.338 e. The summed E-state index contributed by atoms with van der Waals surface area (Å²) in [5.41, 5.74) is 1.34. The maximum Gasteiger partial charge on any atom is 0.338 e. The van der Waals surface area contributed by atoms with Crippen LogP contribution in [0.2, 0.25) is 18.1 Å². The fourth-order valence-corrected chi connectivity index (χ4v) is 3.38. The first-order valence-electron chi connectivity index (χ1n) is 11.0. The number of rotatable bonds is 11. The molecule has 1 rings (SSSR count). The van der Waals surface area contributed by atoms with Crippen molar-refractivity contribution in [1.29, 1.82) is 0 Å². The molecule has 6 nitrogen and oxygen atoms in total. The lowest BCUT2D eigenvalue weighted by Crippen LogP contribution is -2.40. The van der Waals surface area contributed by atoms with E-state index in [1.165, 1.54) is 19.3 Å². The quantitative estimate of drug-likeness (QED) is 0.205. The Kier molecular flexibility index (Phi) is 11.5. The summed E-state index contributed by atoms with van der Waals surface area (Å²) in [5, 5.41) is 10.6. The van der Waals surface area contributed by atoms with Gasteiger partial charge in [0.25, 0.3) is 0 Å². The number of methoxy groups -OCH3 is 1. The van der Waals surface area contributed by atoms with E-state index in [1.807, 2.05) is 13.0 Å². The fourth-order valence-electron chi connectivity index (χ4n) is 2.45. The highest BCUT2D eigenvalue weighted by Crippen LogP contribution is 2.36. The molecule has 0 amide bonds. The first kappa shape index (κ1) is 28.5. The van der Waals surface area contributed by atoms with E-state index in [-0.39, 0.29) is 11.5 Å². The van der Waals surface area contributed by atoms with E-state index in [4.69, 9.17) is 9.16 Å². The van der Waals surface area contributed by atoms with Crippen LogP contribution >= 0.6 is 0 Å². The maximum atomic E-state index is 12.4. The number of hydrogen-bond acceptors (Lipinski definition) is 6. The van der Waals surface area contributed by atoms with Crippen LogP contribution in [0.5, 0.6) is 0 Å². The van der Waals surface area contributed by atoms with Crippen LogP contribution in [-0.2, 0) is 18.7 Å². The van der Waals surface area contributed by atoms with Gasteiger partial charge in [-0.05, 0) is 43.3 Å². The van der Waals surface area contributed by atoms with Gasteiger partial charge in [0, 0.05) is 12.5 Å². The van der Waals surface area contributed by atoms with Crippen LogP contribution in [0, 0.1) is 0 Å². The Hall–Kier alpha value is -2.48. The van der Waals surface area contributed by atoms with Gasteiger partial charge in [0.05, 0.1) is 25.4 Å². The highest BCUT2D eigenvalue weighted by molar-refractivity contribution is 6.74. The van der Waals surface area contributed by atoms with E-state index in [0.29, 0.717) is 12.2 Å². The number of hydrogen-bond donors (Lipinski definition) is 1. The number of aliphatic hydroxyl groups excluding tert-OH is 1. The zero-order valence-corrected chi connectivity index (χ0v) is 21.8. The van der Waals surface area contributed by atoms with Crippen molar-refractivity contribution in [2.75, 3.05) is 13.7 Å². The molecule has 0 saturated heterocycles. The number of benzene rings is 1. The van der Waals surface area contributed by atoms with Crippen molar-refractivity contribution >= 4 is 20.3 Å². The summed E-state index contributed by atoms with van der Waals surface area (Å²) < 4.78 is 16.2. The number of ether oxygens (including phenoxy) is 2. The van der Waals surface area contributed by atoms with E-state index in [0.717, 1.165) is 5.57 Å². The molecule has 0 aromatic heterocycles. The minimum Gasteiger partial charge on any atom is -0.466 e. The molecule has 0 saturated carbocycles. The fraction of sp³-hybridized carbons (Fsp3) is 0.462. The van der Waals surface area contributed by atoms with E-state index in [1.54, 1.807) is 42.5 Å². The molecule has 33 heavy (non-hydrogen) atoms. The lowest BCUT2D eigenvalue weighted by atomic mass is 10.1. The summed E-state index contributed by atoms with van der Waals surface area (Å²) in [5.74, 6) is -1.11. The molecule has 0 spiro atoms. The van der Waals surface area contributed by atoms with Gasteiger partial charge in [-0.25, -0.2) is 9.59 Å². The van der Waals surface area contributed by atoms with Crippen LogP contribution in [-0.4, -0.2) is 51.3 Å². The third kappa shape index (κ3) is 10.8. The van der Waals surface area contributed by atoms with Crippen molar-refractivity contribution in [3.8, 4) is 0 Å². The third-order valence-electron chi connectivity index (χ3n) is 5.63. The number of esters is 2. The molecule has 7 heteroatoms. The molecular formula is C26H38O6Si. The first-order valence-corrected chi connectivity index (χ1v) is 14.0. The maximum absolute atomic E-state index is 12.4. The van der Waals surface area contributed by atoms with Crippen LogP contribution in [0.3, 0.4) is 0 Å². The van der Waals surface area contributed by atoms with Gasteiger partial charge in [-0.15, -0.1) is 0 Å².